The van der Waals surface area contributed by atoms with Crippen LogP contribution in [0, 0.1) is 17.7 Å². The number of amides is 1. The zero-order chi connectivity index (χ0) is 26.6. The molecule has 3 rings (SSSR count). The van der Waals surface area contributed by atoms with Crippen molar-refractivity contribution in [1.29, 1.82) is 10.8 Å². The number of nitrogens with zero attached hydrogens (tertiary/aromatic N) is 1. The van der Waals surface area contributed by atoms with Crippen molar-refractivity contribution in [2.45, 2.75) is 18.2 Å². The first-order valence-electron chi connectivity index (χ1n) is 10.6. The van der Waals surface area contributed by atoms with Crippen LogP contribution in [-0.4, -0.2) is 47.9 Å². The third-order valence-electron chi connectivity index (χ3n) is 5.21. The maximum absolute atomic E-state index is 12.9. The fourth-order valence-electron chi connectivity index (χ4n) is 3.38. The molecular weight excluding hydrogens is 486 g/mol. The van der Waals surface area contributed by atoms with E-state index in [0.29, 0.717) is 5.56 Å². The molecule has 0 saturated heterocycles. The Morgan fingerprint density at radius 3 is 2.28 bits per heavy atom. The van der Waals surface area contributed by atoms with E-state index in [0.717, 1.165) is 22.6 Å². The van der Waals surface area contributed by atoms with Crippen LogP contribution in [0.25, 0.3) is 0 Å². The molecule has 11 nitrogen and oxygen atoms in total. The smallest absolute Gasteiger partial charge is 0.284 e. The van der Waals surface area contributed by atoms with E-state index in [9.17, 15) is 28.5 Å². The third kappa shape index (κ3) is 5.79. The van der Waals surface area contributed by atoms with Gasteiger partial charge in [0.05, 0.1) is 5.56 Å². The molecule has 3 aromatic carbocycles. The molecule has 0 aliphatic heterocycles. The highest BCUT2D eigenvalue weighted by molar-refractivity contribution is 7.89. The van der Waals surface area contributed by atoms with Crippen LogP contribution in [0.1, 0.15) is 16.7 Å². The molecule has 0 heterocycles. The second-order valence-corrected chi connectivity index (χ2v) is 9.62. The Bertz CT molecular complexity index is 1440. The zero-order valence-electron chi connectivity index (χ0n) is 19.2. The van der Waals surface area contributed by atoms with Gasteiger partial charge in [0.15, 0.2) is 5.84 Å². The van der Waals surface area contributed by atoms with Crippen molar-refractivity contribution in [2.24, 2.45) is 5.73 Å². The molecule has 0 atom stereocenters. The van der Waals surface area contributed by atoms with Gasteiger partial charge in [-0.25, -0.2) is 13.1 Å². The van der Waals surface area contributed by atoms with E-state index < -0.39 is 44.0 Å². The van der Waals surface area contributed by atoms with Crippen molar-refractivity contribution in [2.75, 3.05) is 11.4 Å². The van der Waals surface area contributed by atoms with Gasteiger partial charge in [-0.05, 0) is 49.2 Å². The number of benzene rings is 3. The molecule has 0 saturated carbocycles. The van der Waals surface area contributed by atoms with Crippen molar-refractivity contribution >= 4 is 33.3 Å². The third-order valence-corrected chi connectivity index (χ3v) is 6.70. The maximum Gasteiger partial charge on any atom is 0.284 e. The van der Waals surface area contributed by atoms with Crippen LogP contribution in [0.3, 0.4) is 0 Å². The quantitative estimate of drug-likeness (QED) is 0.185. The van der Waals surface area contributed by atoms with Crippen molar-refractivity contribution in [3.05, 3.63) is 77.4 Å². The monoisotopic (exact) mass is 511 g/mol. The number of nitrogens with one attached hydrogen (secondary N) is 3. The van der Waals surface area contributed by atoms with Gasteiger partial charge in [-0.15, -0.1) is 0 Å². The number of nitrogens with two attached hydrogens (primary N) is 1. The second kappa shape index (κ2) is 10.5. The number of anilines is 1. The number of aromatic hydroxyl groups is 3. The van der Waals surface area contributed by atoms with Gasteiger partial charge in [0, 0.05) is 18.3 Å². The summed E-state index contributed by atoms with van der Waals surface area (Å²) in [7, 11) is -4.31. The summed E-state index contributed by atoms with van der Waals surface area (Å²) < 4.78 is 28.2. The zero-order valence-corrected chi connectivity index (χ0v) is 20.0. The van der Waals surface area contributed by atoms with Crippen LogP contribution < -0.4 is 15.4 Å². The summed E-state index contributed by atoms with van der Waals surface area (Å²) in [6, 6.07) is 14.3. The molecule has 0 radical (unpaired) electrons. The van der Waals surface area contributed by atoms with Gasteiger partial charge in [0.2, 0.25) is 10.0 Å². The minimum atomic E-state index is -4.31. The Hall–Kier alpha value is -4.42. The molecule has 1 amide bonds. The van der Waals surface area contributed by atoms with E-state index in [-0.39, 0.29) is 30.0 Å². The number of carbonyl (C=O) groups is 1. The summed E-state index contributed by atoms with van der Waals surface area (Å²) in [5, 5.41) is 46.9. The lowest BCUT2D eigenvalue weighted by molar-refractivity contribution is -0.112. The lowest BCUT2D eigenvalue weighted by Gasteiger charge is -2.25. The number of rotatable bonds is 7. The first-order chi connectivity index (χ1) is 16.9. The van der Waals surface area contributed by atoms with E-state index in [4.69, 9.17) is 16.6 Å². The van der Waals surface area contributed by atoms with E-state index in [1.165, 1.54) is 24.3 Å². The molecule has 12 heteroatoms. The molecule has 3 aromatic rings. The van der Waals surface area contributed by atoms with Gasteiger partial charge < -0.3 is 21.1 Å². The summed E-state index contributed by atoms with van der Waals surface area (Å²) in [6.07, 6.45) is 0.242. The van der Waals surface area contributed by atoms with Gasteiger partial charge in [-0.1, -0.05) is 29.8 Å². The van der Waals surface area contributed by atoms with Crippen molar-refractivity contribution in [3.63, 3.8) is 0 Å². The van der Waals surface area contributed by atoms with Gasteiger partial charge in [0.1, 0.15) is 28.0 Å². The predicted molar refractivity (Wildman–Crippen MR) is 134 cm³/mol. The molecule has 0 spiro atoms. The Kier molecular flexibility index (Phi) is 7.61. The summed E-state index contributed by atoms with van der Waals surface area (Å²) in [6.45, 7) is 1.75. The van der Waals surface area contributed by atoms with Gasteiger partial charge >= 0.3 is 0 Å². The van der Waals surface area contributed by atoms with Crippen LogP contribution in [0.2, 0.25) is 0 Å². The summed E-state index contributed by atoms with van der Waals surface area (Å²) in [5.41, 5.74) is 6.65. The minimum absolute atomic E-state index is 0.0364. The lowest BCUT2D eigenvalue weighted by Crippen LogP contribution is -2.44. The number of phenols is 3. The molecule has 0 aromatic heterocycles. The lowest BCUT2D eigenvalue weighted by atomic mass is 10.1. The number of hydrogen-bond acceptors (Lipinski definition) is 8. The van der Waals surface area contributed by atoms with Crippen molar-refractivity contribution in [3.8, 4) is 17.2 Å². The number of phenolic OH excluding ortho intramolecular Hbond substituents is 3. The van der Waals surface area contributed by atoms with Gasteiger partial charge in [-0.3, -0.25) is 20.5 Å². The molecule has 0 aliphatic carbocycles. The number of hydrogen-bond donors (Lipinski definition) is 7. The highest BCUT2D eigenvalue weighted by Gasteiger charge is 2.28. The summed E-state index contributed by atoms with van der Waals surface area (Å²) >= 11 is 0. The fraction of sp³-hybridized carbons (Fsp3) is 0.125. The van der Waals surface area contributed by atoms with Crippen molar-refractivity contribution < 1.29 is 28.5 Å². The molecule has 0 fully saturated rings. The predicted octanol–water partition coefficient (Wildman–Crippen LogP) is 1.93. The standard InChI is InChI=1S/C24H25N5O6S/c1-14-5-7-16(8-6-14)29(23(26)24(27)33)22(25)18-12-21(20(32)13-19(18)31)36(34,35)28-10-9-15-3-2-4-17(30)11-15/h2-8,11-13,25-26,28,30-32H,9-10H2,1H3,(H2,27,33). The average molecular weight is 512 g/mol. The Morgan fingerprint density at radius 1 is 1.00 bits per heavy atom. The van der Waals surface area contributed by atoms with Crippen LogP contribution in [0.5, 0.6) is 17.2 Å². The van der Waals surface area contributed by atoms with E-state index >= 15 is 0 Å². The first kappa shape index (κ1) is 26.2. The summed E-state index contributed by atoms with van der Waals surface area (Å²) in [4.78, 5) is 12.0. The Balaban J connectivity index is 1.95. The van der Waals surface area contributed by atoms with E-state index in [2.05, 4.69) is 4.72 Å². The highest BCUT2D eigenvalue weighted by atomic mass is 32.2. The van der Waals surface area contributed by atoms with E-state index in [1.807, 2.05) is 6.92 Å². The number of aryl methyl sites for hydroxylation is 1. The van der Waals surface area contributed by atoms with E-state index in [1.54, 1.807) is 24.3 Å². The molecule has 0 aliphatic rings. The van der Waals surface area contributed by atoms with Gasteiger partial charge in [-0.2, -0.15) is 0 Å². The fourth-order valence-corrected chi connectivity index (χ4v) is 4.51. The largest absolute Gasteiger partial charge is 0.508 e. The van der Waals surface area contributed by atoms with Crippen LogP contribution in [0.15, 0.2) is 65.6 Å². The van der Waals surface area contributed by atoms with Gasteiger partial charge in [0.25, 0.3) is 5.91 Å². The minimum Gasteiger partial charge on any atom is -0.508 e. The Labute approximate surface area is 207 Å². The second-order valence-electron chi connectivity index (χ2n) is 7.89. The Morgan fingerprint density at radius 2 is 1.67 bits per heavy atom. The SMILES string of the molecule is Cc1ccc(N(C(=N)C(N)=O)C(=N)c2cc(S(=O)(=O)NCCc3cccc(O)c3)c(O)cc2O)cc1. The van der Waals surface area contributed by atoms with Crippen molar-refractivity contribution in [1.82, 2.24) is 4.72 Å². The molecule has 0 unspecified atom stereocenters. The molecule has 188 valence electrons. The molecule has 0 bridgehead atoms. The number of amidine groups is 2. The van der Waals surface area contributed by atoms with Crippen LogP contribution >= 0.6 is 0 Å². The maximum atomic E-state index is 12.9. The number of carbonyl (C=O) groups excluding carboxylic acids is 1. The summed E-state index contributed by atoms with van der Waals surface area (Å²) in [5.74, 6) is -3.93. The highest BCUT2D eigenvalue weighted by Crippen LogP contribution is 2.32. The molecule has 36 heavy (non-hydrogen) atoms. The molecular formula is C24H25N5O6S. The topological polar surface area (TPSA) is 201 Å². The van der Waals surface area contributed by atoms with Crippen LogP contribution in [-0.2, 0) is 21.2 Å². The average Bonchev–Trinajstić information content (AvgIpc) is 2.80. The first-order valence-corrected chi connectivity index (χ1v) is 12.1. The normalized spacial score (nSPS) is 11.1. The molecule has 8 N–H and O–H groups in total. The number of sulfonamides is 1. The van der Waals surface area contributed by atoms with Crippen LogP contribution in [0.4, 0.5) is 5.69 Å². The number of primary amides is 1.